The number of hydrogen-bond donors (Lipinski definition) is 4. The highest BCUT2D eigenvalue weighted by molar-refractivity contribution is 5.99. The summed E-state index contributed by atoms with van der Waals surface area (Å²) in [7, 11) is 0. The number of carbonyl (C=O) groups excluding carboxylic acids is 1. The molecule has 164 valence electrons. The summed E-state index contributed by atoms with van der Waals surface area (Å²) in [5, 5.41) is 10.3. The summed E-state index contributed by atoms with van der Waals surface area (Å²) in [4.78, 5) is 16.2. The van der Waals surface area contributed by atoms with Crippen molar-refractivity contribution in [3.8, 4) is 0 Å². The maximum atomic E-state index is 14.7. The number of primary amides is 1. The van der Waals surface area contributed by atoms with E-state index in [1.54, 1.807) is 18.2 Å². The third-order valence-electron chi connectivity index (χ3n) is 5.65. The van der Waals surface area contributed by atoms with Gasteiger partial charge in [0.25, 0.3) is 5.91 Å². The average Bonchev–Trinajstić information content (AvgIpc) is 3.06. The van der Waals surface area contributed by atoms with E-state index in [2.05, 4.69) is 20.7 Å². The Balaban J connectivity index is 1.69. The zero-order valence-electron chi connectivity index (χ0n) is 17.2. The molecule has 1 aliphatic carbocycles. The smallest absolute Gasteiger partial charge is 0.252 e. The molecule has 2 aromatic heterocycles. The molecule has 1 fully saturated rings. The molecular weight excluding hydrogens is 404 g/mol. The van der Waals surface area contributed by atoms with Crippen LogP contribution in [0.25, 0.3) is 10.9 Å². The number of hydrogen-bond acceptors (Lipinski definition) is 6. The monoisotopic (exact) mass is 429 g/mol. The summed E-state index contributed by atoms with van der Waals surface area (Å²) in [5.41, 5.74) is 12.6. The van der Waals surface area contributed by atoms with Gasteiger partial charge in [-0.05, 0) is 44.0 Å². The van der Waals surface area contributed by atoms with Crippen molar-refractivity contribution in [1.82, 2.24) is 14.8 Å². The Morgan fingerprint density at radius 3 is 2.71 bits per heavy atom. The first-order valence-corrected chi connectivity index (χ1v) is 10.3. The van der Waals surface area contributed by atoms with E-state index in [0.29, 0.717) is 23.1 Å². The molecule has 0 radical (unpaired) electrons. The molecule has 1 amide bonds. The number of aromatic nitrogens is 3. The molecule has 0 spiro atoms. The van der Waals surface area contributed by atoms with Crippen molar-refractivity contribution >= 4 is 34.1 Å². The molecule has 0 unspecified atom stereocenters. The molecule has 0 bridgehead atoms. The van der Waals surface area contributed by atoms with Gasteiger partial charge in [0.15, 0.2) is 11.6 Å². The Bertz CT molecular complexity index is 1130. The summed E-state index contributed by atoms with van der Waals surface area (Å²) in [5.74, 6) is -1.96. The maximum absolute atomic E-state index is 14.7. The normalized spacial score (nSPS) is 18.8. The maximum Gasteiger partial charge on any atom is 0.252 e. The van der Waals surface area contributed by atoms with Crippen molar-refractivity contribution in [2.24, 2.45) is 11.5 Å². The van der Waals surface area contributed by atoms with Crippen molar-refractivity contribution in [2.45, 2.75) is 51.2 Å². The summed E-state index contributed by atoms with van der Waals surface area (Å²) in [6, 6.07) is 5.75. The number of amides is 1. The lowest BCUT2D eigenvalue weighted by Gasteiger charge is -2.30. The van der Waals surface area contributed by atoms with Crippen LogP contribution in [0.15, 0.2) is 24.3 Å². The zero-order valence-corrected chi connectivity index (χ0v) is 17.2. The second-order valence-corrected chi connectivity index (χ2v) is 7.74. The molecule has 0 saturated heterocycles. The molecular formula is C21H25F2N7O. The van der Waals surface area contributed by atoms with Crippen molar-refractivity contribution in [2.75, 3.05) is 10.6 Å². The third-order valence-corrected chi connectivity index (χ3v) is 5.65. The van der Waals surface area contributed by atoms with Gasteiger partial charge in [0.05, 0.1) is 16.5 Å². The average molecular weight is 429 g/mol. The molecule has 6 N–H and O–H groups in total. The van der Waals surface area contributed by atoms with E-state index < -0.39 is 17.7 Å². The lowest BCUT2D eigenvalue weighted by molar-refractivity contribution is 0.100. The second-order valence-electron chi connectivity index (χ2n) is 7.74. The predicted molar refractivity (Wildman–Crippen MR) is 115 cm³/mol. The van der Waals surface area contributed by atoms with Gasteiger partial charge in [0, 0.05) is 24.3 Å². The van der Waals surface area contributed by atoms with Crippen molar-refractivity contribution < 1.29 is 13.6 Å². The number of pyridine rings is 1. The van der Waals surface area contributed by atoms with Crippen LogP contribution >= 0.6 is 0 Å². The van der Waals surface area contributed by atoms with Gasteiger partial charge in [-0.15, -0.1) is 5.10 Å². The first kappa shape index (κ1) is 21.0. The Morgan fingerprint density at radius 2 is 2.00 bits per heavy atom. The van der Waals surface area contributed by atoms with Crippen molar-refractivity contribution in [3.63, 3.8) is 0 Å². The minimum Gasteiger partial charge on any atom is -0.365 e. The number of anilines is 3. The second kappa shape index (κ2) is 8.46. The molecule has 4 rings (SSSR count). The Morgan fingerprint density at radius 1 is 1.23 bits per heavy atom. The molecule has 10 heteroatoms. The van der Waals surface area contributed by atoms with Crippen LogP contribution in [0.1, 0.15) is 43.0 Å². The van der Waals surface area contributed by atoms with Gasteiger partial charge in [0.1, 0.15) is 5.82 Å². The van der Waals surface area contributed by atoms with Gasteiger partial charge in [0.2, 0.25) is 5.95 Å². The number of nitrogens with zero attached hydrogens (tertiary/aromatic N) is 3. The van der Waals surface area contributed by atoms with E-state index >= 15 is 0 Å². The lowest BCUT2D eigenvalue weighted by Crippen LogP contribution is -2.43. The number of halogens is 2. The van der Waals surface area contributed by atoms with E-state index in [1.165, 1.54) is 4.68 Å². The largest absolute Gasteiger partial charge is 0.365 e. The zero-order chi connectivity index (χ0) is 22.1. The summed E-state index contributed by atoms with van der Waals surface area (Å²) in [6.45, 7) is 2.34. The van der Waals surface area contributed by atoms with Gasteiger partial charge in [-0.1, -0.05) is 12.8 Å². The fourth-order valence-electron chi connectivity index (χ4n) is 3.98. The van der Waals surface area contributed by atoms with Crippen LogP contribution in [-0.4, -0.2) is 32.8 Å². The first-order chi connectivity index (χ1) is 14.9. The summed E-state index contributed by atoms with van der Waals surface area (Å²) >= 11 is 0. The van der Waals surface area contributed by atoms with Gasteiger partial charge >= 0.3 is 0 Å². The first-order valence-electron chi connectivity index (χ1n) is 10.3. The highest BCUT2D eigenvalue weighted by Crippen LogP contribution is 2.28. The fourth-order valence-corrected chi connectivity index (χ4v) is 3.98. The van der Waals surface area contributed by atoms with Crippen LogP contribution < -0.4 is 22.1 Å². The van der Waals surface area contributed by atoms with Crippen LogP contribution in [0, 0.1) is 11.8 Å². The van der Waals surface area contributed by atoms with Gasteiger partial charge in [-0.2, -0.15) is 4.39 Å². The number of carbonyl (C=O) groups is 1. The number of rotatable bonds is 6. The summed E-state index contributed by atoms with van der Waals surface area (Å²) < 4.78 is 30.2. The van der Waals surface area contributed by atoms with E-state index in [1.807, 2.05) is 6.92 Å². The Labute approximate surface area is 178 Å². The number of nitrogens with one attached hydrogen (secondary N) is 2. The standard InChI is InChI=1S/C21H25F2N7O/c1-2-30-17-9-11(7-8-12(17)18(23)29-30)26-20-13(19(25)31)10-14(22)21(28-20)27-16-6-4-3-5-15(16)24/h7-10,15-16H,2-6,24H2,1H3,(H2,25,31)(H2,26,27,28)/t15-,16+/m1/s1. The fraction of sp³-hybridized carbons (Fsp3) is 0.381. The molecule has 0 aliphatic heterocycles. The quantitative estimate of drug-likeness (QED) is 0.477. The Kier molecular flexibility index (Phi) is 5.73. The minimum atomic E-state index is -0.819. The van der Waals surface area contributed by atoms with Gasteiger partial charge < -0.3 is 22.1 Å². The molecule has 2 heterocycles. The number of benzene rings is 1. The molecule has 31 heavy (non-hydrogen) atoms. The topological polar surface area (TPSA) is 124 Å². The molecule has 1 aliphatic rings. The van der Waals surface area contributed by atoms with Gasteiger partial charge in [-0.3, -0.25) is 9.48 Å². The Hall–Kier alpha value is -3.27. The molecule has 8 nitrogen and oxygen atoms in total. The highest BCUT2D eigenvalue weighted by atomic mass is 19.1. The number of aryl methyl sites for hydroxylation is 1. The SMILES string of the molecule is CCn1nc(F)c2ccc(Nc3nc(N[C@H]4CCCC[C@H]4N)c(F)cc3C(N)=O)cc21. The van der Waals surface area contributed by atoms with E-state index in [-0.39, 0.29) is 29.3 Å². The minimum absolute atomic E-state index is 0.000530. The van der Waals surface area contributed by atoms with Crippen LogP contribution in [0.5, 0.6) is 0 Å². The van der Waals surface area contributed by atoms with Crippen LogP contribution in [-0.2, 0) is 6.54 Å². The van der Waals surface area contributed by atoms with E-state index in [4.69, 9.17) is 11.5 Å². The number of fused-ring (bicyclic) bond motifs is 1. The van der Waals surface area contributed by atoms with Crippen molar-refractivity contribution in [3.05, 3.63) is 41.6 Å². The highest BCUT2D eigenvalue weighted by Gasteiger charge is 2.24. The van der Waals surface area contributed by atoms with E-state index in [0.717, 1.165) is 31.7 Å². The molecule has 2 atom stereocenters. The van der Waals surface area contributed by atoms with Crippen molar-refractivity contribution in [1.29, 1.82) is 0 Å². The third kappa shape index (κ3) is 4.15. The van der Waals surface area contributed by atoms with Crippen LogP contribution in [0.2, 0.25) is 0 Å². The van der Waals surface area contributed by atoms with E-state index in [9.17, 15) is 13.6 Å². The van der Waals surface area contributed by atoms with Gasteiger partial charge in [-0.25, -0.2) is 9.37 Å². The molecule has 1 saturated carbocycles. The lowest BCUT2D eigenvalue weighted by atomic mass is 9.91. The predicted octanol–water partition coefficient (Wildman–Crippen LogP) is 3.25. The molecule has 3 aromatic rings. The molecule has 1 aromatic carbocycles. The summed E-state index contributed by atoms with van der Waals surface area (Å²) in [6.07, 6.45) is 3.70. The number of nitrogens with two attached hydrogens (primary N) is 2. The van der Waals surface area contributed by atoms with Crippen LogP contribution in [0.4, 0.5) is 26.1 Å². The van der Waals surface area contributed by atoms with Crippen LogP contribution in [0.3, 0.4) is 0 Å².